The average molecular weight is 252 g/mol. The van der Waals surface area contributed by atoms with Crippen LogP contribution in [0.4, 0.5) is 4.39 Å². The molecule has 18 heavy (non-hydrogen) atoms. The number of carbonyl (C=O) groups is 1. The van der Waals surface area contributed by atoms with Crippen LogP contribution in [-0.4, -0.2) is 18.4 Å². The molecular formula is C13H17FN2O2. The lowest BCUT2D eigenvalue weighted by Crippen LogP contribution is -2.37. The number of hydrogen-bond donors (Lipinski definition) is 2. The van der Waals surface area contributed by atoms with Crippen LogP contribution in [0.1, 0.15) is 29.5 Å². The Hall–Kier alpha value is -1.75. The lowest BCUT2D eigenvalue weighted by molar-refractivity contribution is -0.121. The molecule has 0 aliphatic carbocycles. The smallest absolute Gasteiger partial charge is 0.299 e. The van der Waals surface area contributed by atoms with Crippen LogP contribution < -0.4 is 5.73 Å². The van der Waals surface area contributed by atoms with Crippen molar-refractivity contribution < 1.29 is 13.9 Å². The highest BCUT2D eigenvalue weighted by Crippen LogP contribution is 2.27. The molecule has 3 N–H and O–H groups in total. The molecule has 5 heteroatoms. The van der Waals surface area contributed by atoms with Crippen molar-refractivity contribution in [1.29, 1.82) is 5.41 Å². The van der Waals surface area contributed by atoms with Gasteiger partial charge in [-0.1, -0.05) is 13.0 Å². The van der Waals surface area contributed by atoms with E-state index in [1.807, 2.05) is 6.92 Å². The minimum absolute atomic E-state index is 0.147. The molecule has 0 fully saturated rings. The normalized spacial score (nSPS) is 13.8. The van der Waals surface area contributed by atoms with Gasteiger partial charge in [-0.15, -0.1) is 0 Å². The van der Waals surface area contributed by atoms with Crippen molar-refractivity contribution in [1.82, 2.24) is 0 Å². The third-order valence-electron chi connectivity index (χ3n) is 3.20. The molecule has 0 saturated heterocycles. The molecule has 1 unspecified atom stereocenters. The third-order valence-corrected chi connectivity index (χ3v) is 3.20. The monoisotopic (exact) mass is 252 g/mol. The Labute approximate surface area is 105 Å². The van der Waals surface area contributed by atoms with Crippen molar-refractivity contribution in [2.75, 3.05) is 0 Å². The molecule has 2 atom stereocenters. The Morgan fingerprint density at radius 3 is 2.67 bits per heavy atom. The summed E-state index contributed by atoms with van der Waals surface area (Å²) in [5, 5.41) is 7.47. The average Bonchev–Trinajstić information content (AvgIpc) is 2.33. The summed E-state index contributed by atoms with van der Waals surface area (Å²) in [6, 6.07) is 2.22. The van der Waals surface area contributed by atoms with Crippen molar-refractivity contribution in [3.8, 4) is 0 Å². The molecular weight excluding hydrogens is 235 g/mol. The van der Waals surface area contributed by atoms with E-state index in [-0.39, 0.29) is 18.2 Å². The van der Waals surface area contributed by atoms with E-state index in [4.69, 9.17) is 11.1 Å². The van der Waals surface area contributed by atoms with E-state index in [1.54, 1.807) is 19.9 Å². The van der Waals surface area contributed by atoms with Crippen LogP contribution in [0, 0.1) is 25.1 Å². The number of nitrogens with two attached hydrogens (primary N) is 1. The van der Waals surface area contributed by atoms with E-state index in [0.717, 1.165) is 11.1 Å². The molecule has 0 saturated carbocycles. The van der Waals surface area contributed by atoms with Crippen LogP contribution in [0.15, 0.2) is 12.1 Å². The second-order valence-electron chi connectivity index (χ2n) is 4.30. The van der Waals surface area contributed by atoms with Gasteiger partial charge in [-0.05, 0) is 36.6 Å². The van der Waals surface area contributed by atoms with Crippen LogP contribution in [0.5, 0.6) is 0 Å². The highest BCUT2D eigenvalue weighted by atomic mass is 19.1. The van der Waals surface area contributed by atoms with Gasteiger partial charge in [-0.25, -0.2) is 4.39 Å². The van der Waals surface area contributed by atoms with E-state index in [9.17, 15) is 9.18 Å². The minimum Gasteiger partial charge on any atom is -0.413 e. The quantitative estimate of drug-likeness (QED) is 0.489. The molecule has 1 aromatic rings. The van der Waals surface area contributed by atoms with Gasteiger partial charge in [0.2, 0.25) is 5.90 Å². The van der Waals surface area contributed by atoms with Crippen molar-refractivity contribution in [2.45, 2.75) is 32.7 Å². The molecule has 0 radical (unpaired) electrons. The van der Waals surface area contributed by atoms with Crippen molar-refractivity contribution >= 4 is 12.4 Å². The Kier molecular flexibility index (Phi) is 4.55. The minimum atomic E-state index is -0.856. The van der Waals surface area contributed by atoms with Crippen molar-refractivity contribution in [3.63, 3.8) is 0 Å². The lowest BCUT2D eigenvalue weighted by atomic mass is 9.88. The number of aryl methyl sites for hydroxylation is 1. The molecule has 0 aliphatic heterocycles. The summed E-state index contributed by atoms with van der Waals surface area (Å²) >= 11 is 0. The maximum atomic E-state index is 13.9. The maximum absolute atomic E-state index is 13.9. The summed E-state index contributed by atoms with van der Waals surface area (Å²) in [6.07, 6.45) is 0. The zero-order valence-electron chi connectivity index (χ0n) is 10.7. The van der Waals surface area contributed by atoms with E-state index in [2.05, 4.69) is 4.74 Å². The number of carbonyl (C=O) groups excluding carboxylic acids is 1. The molecule has 0 bridgehead atoms. The predicted octanol–water partition coefficient (Wildman–Crippen LogP) is 2.02. The number of halogens is 1. The molecule has 0 amide bonds. The Bertz CT molecular complexity index is 474. The number of ether oxygens (including phenoxy) is 1. The van der Waals surface area contributed by atoms with Crippen LogP contribution in [0.2, 0.25) is 0 Å². The fraction of sp³-hybridized carbons (Fsp3) is 0.385. The fourth-order valence-electron chi connectivity index (χ4n) is 1.90. The second-order valence-corrected chi connectivity index (χ2v) is 4.30. The molecule has 0 aliphatic rings. The number of nitrogens with one attached hydrogen (secondary N) is 1. The molecule has 98 valence electrons. The number of hydrogen-bond acceptors (Lipinski definition) is 4. The van der Waals surface area contributed by atoms with Crippen LogP contribution in [-0.2, 0) is 9.53 Å². The van der Waals surface area contributed by atoms with Gasteiger partial charge >= 0.3 is 0 Å². The van der Waals surface area contributed by atoms with Gasteiger partial charge in [0.1, 0.15) is 5.82 Å². The Morgan fingerprint density at radius 2 is 2.11 bits per heavy atom. The first-order valence-electron chi connectivity index (χ1n) is 5.60. The molecule has 1 rings (SSSR count). The van der Waals surface area contributed by atoms with E-state index in [0.29, 0.717) is 5.56 Å². The molecule has 0 heterocycles. The summed E-state index contributed by atoms with van der Waals surface area (Å²) < 4.78 is 18.3. The van der Waals surface area contributed by atoms with Gasteiger partial charge in [-0.3, -0.25) is 10.2 Å². The zero-order valence-corrected chi connectivity index (χ0v) is 10.7. The van der Waals surface area contributed by atoms with Gasteiger partial charge in [0, 0.05) is 5.92 Å². The first-order chi connectivity index (χ1) is 8.40. The van der Waals surface area contributed by atoms with Gasteiger partial charge in [0.05, 0.1) is 6.04 Å². The third kappa shape index (κ3) is 2.73. The van der Waals surface area contributed by atoms with Crippen LogP contribution in [0.3, 0.4) is 0 Å². The standard InChI is InChI=1S/C13H17FN2O2/c1-7-4-5-10(14)11(8(7)2)9(3)12(15)13(16)18-6-17/h4-6,9,12,16H,15H2,1-3H3/t9-,12?/m1/s1. The Morgan fingerprint density at radius 1 is 1.50 bits per heavy atom. The molecule has 4 nitrogen and oxygen atoms in total. The van der Waals surface area contributed by atoms with Crippen LogP contribution in [0.25, 0.3) is 0 Å². The van der Waals surface area contributed by atoms with Gasteiger partial charge in [0.15, 0.2) is 0 Å². The summed E-state index contributed by atoms with van der Waals surface area (Å²) in [4.78, 5) is 10.2. The van der Waals surface area contributed by atoms with E-state index >= 15 is 0 Å². The van der Waals surface area contributed by atoms with Crippen molar-refractivity contribution in [2.24, 2.45) is 5.73 Å². The molecule has 1 aromatic carbocycles. The summed E-state index contributed by atoms with van der Waals surface area (Å²) in [7, 11) is 0. The van der Waals surface area contributed by atoms with Crippen molar-refractivity contribution in [3.05, 3.63) is 34.6 Å². The lowest BCUT2D eigenvalue weighted by Gasteiger charge is -2.22. The molecule has 0 spiro atoms. The van der Waals surface area contributed by atoms with E-state index < -0.39 is 12.0 Å². The first kappa shape index (κ1) is 14.3. The SMILES string of the molecule is Cc1ccc(F)c([C@@H](C)C(N)C(=N)OC=O)c1C. The zero-order chi connectivity index (χ0) is 13.9. The summed E-state index contributed by atoms with van der Waals surface area (Å²) in [6.45, 7) is 5.54. The highest BCUT2D eigenvalue weighted by molar-refractivity contribution is 5.84. The van der Waals surface area contributed by atoms with Gasteiger partial charge < -0.3 is 10.5 Å². The maximum Gasteiger partial charge on any atom is 0.299 e. The molecule has 0 aromatic heterocycles. The fourth-order valence-corrected chi connectivity index (χ4v) is 1.90. The second kappa shape index (κ2) is 5.73. The van der Waals surface area contributed by atoms with Gasteiger partial charge in [0.25, 0.3) is 6.47 Å². The van der Waals surface area contributed by atoms with Gasteiger partial charge in [-0.2, -0.15) is 0 Å². The Balaban J connectivity index is 3.10. The largest absolute Gasteiger partial charge is 0.413 e. The summed E-state index contributed by atoms with van der Waals surface area (Å²) in [5.41, 5.74) is 8.01. The van der Waals surface area contributed by atoms with Crippen LogP contribution >= 0.6 is 0 Å². The summed E-state index contributed by atoms with van der Waals surface area (Å²) in [5.74, 6) is -1.17. The number of rotatable bonds is 4. The van der Waals surface area contributed by atoms with E-state index in [1.165, 1.54) is 6.07 Å². The topological polar surface area (TPSA) is 76.2 Å². The predicted molar refractivity (Wildman–Crippen MR) is 67.1 cm³/mol. The highest BCUT2D eigenvalue weighted by Gasteiger charge is 2.25. The number of benzene rings is 1. The first-order valence-corrected chi connectivity index (χ1v) is 5.60.